The molecule has 3 aliphatic rings. The van der Waals surface area contributed by atoms with Crippen LogP contribution in [-0.2, 0) is 22.5 Å². The van der Waals surface area contributed by atoms with E-state index in [1.165, 1.54) is 0 Å². The standard InChI is InChI=1S/C21H33N3O3/c1-5-14-9-15(27-23-14)11-24-12-17-16(10-22-19(25)20(3,4)6-2)18-7-8-21(17,13-24)26-18/h9,16-18H,5-8,10-13H2,1-4H3,(H,22,25)/t16-,17+,18+,21+/m0/s1. The molecule has 0 aliphatic carbocycles. The number of ether oxygens (including phenoxy) is 1. The molecule has 1 aromatic rings. The molecule has 27 heavy (non-hydrogen) atoms. The van der Waals surface area contributed by atoms with Crippen molar-refractivity contribution in [2.75, 3.05) is 19.6 Å². The van der Waals surface area contributed by atoms with E-state index in [-0.39, 0.29) is 16.9 Å². The van der Waals surface area contributed by atoms with Crippen LogP contribution in [0.25, 0.3) is 0 Å². The first-order valence-corrected chi connectivity index (χ1v) is 10.5. The second kappa shape index (κ2) is 6.89. The van der Waals surface area contributed by atoms with Gasteiger partial charge in [0.05, 0.1) is 23.9 Å². The summed E-state index contributed by atoms with van der Waals surface area (Å²) in [7, 11) is 0. The molecule has 4 rings (SSSR count). The SMILES string of the molecule is CCc1cc(CN2C[C@@H]3[C@H](CNC(=O)C(C)(C)CC)[C@H]4CC[C@]3(C2)O4)on1. The molecule has 3 saturated heterocycles. The highest BCUT2D eigenvalue weighted by Gasteiger charge is 2.62. The minimum absolute atomic E-state index is 0.0199. The van der Waals surface area contributed by atoms with Crippen LogP contribution in [0, 0.1) is 17.3 Å². The number of hydrogen-bond acceptors (Lipinski definition) is 5. The van der Waals surface area contributed by atoms with Crippen molar-refractivity contribution in [1.29, 1.82) is 0 Å². The van der Waals surface area contributed by atoms with E-state index >= 15 is 0 Å². The number of carbonyl (C=O) groups is 1. The Hall–Kier alpha value is -1.40. The largest absolute Gasteiger partial charge is 0.370 e. The summed E-state index contributed by atoms with van der Waals surface area (Å²) >= 11 is 0. The number of likely N-dealkylation sites (tertiary alicyclic amines) is 1. The Bertz CT molecular complexity index is 701. The van der Waals surface area contributed by atoms with Crippen molar-refractivity contribution in [3.8, 4) is 0 Å². The van der Waals surface area contributed by atoms with Gasteiger partial charge in [-0.15, -0.1) is 0 Å². The Labute approximate surface area is 162 Å². The number of amides is 1. The molecule has 1 amide bonds. The van der Waals surface area contributed by atoms with Gasteiger partial charge in [0.25, 0.3) is 0 Å². The van der Waals surface area contributed by atoms with Crippen LogP contribution in [0.2, 0.25) is 0 Å². The third-order valence-electron chi connectivity index (χ3n) is 7.20. The molecule has 6 nitrogen and oxygen atoms in total. The van der Waals surface area contributed by atoms with Crippen LogP contribution < -0.4 is 5.32 Å². The first-order chi connectivity index (χ1) is 12.9. The zero-order valence-corrected chi connectivity index (χ0v) is 17.1. The number of hydrogen-bond donors (Lipinski definition) is 1. The van der Waals surface area contributed by atoms with Crippen molar-refractivity contribution in [2.24, 2.45) is 17.3 Å². The molecule has 4 heterocycles. The minimum atomic E-state index is -0.304. The van der Waals surface area contributed by atoms with Gasteiger partial charge in [-0.25, -0.2) is 0 Å². The summed E-state index contributed by atoms with van der Waals surface area (Å²) in [6.45, 7) is 11.7. The predicted molar refractivity (Wildman–Crippen MR) is 102 cm³/mol. The van der Waals surface area contributed by atoms with Gasteiger partial charge in [0.1, 0.15) is 0 Å². The minimum Gasteiger partial charge on any atom is -0.370 e. The first kappa shape index (κ1) is 18.9. The van der Waals surface area contributed by atoms with Crippen LogP contribution >= 0.6 is 0 Å². The summed E-state index contributed by atoms with van der Waals surface area (Å²) < 4.78 is 12.0. The van der Waals surface area contributed by atoms with Crippen LogP contribution in [0.5, 0.6) is 0 Å². The molecule has 0 radical (unpaired) electrons. The van der Waals surface area contributed by atoms with Gasteiger partial charge in [0, 0.05) is 43.0 Å². The average Bonchev–Trinajstić information content (AvgIpc) is 3.39. The highest BCUT2D eigenvalue weighted by molar-refractivity contribution is 5.81. The average molecular weight is 376 g/mol. The van der Waals surface area contributed by atoms with Crippen LogP contribution in [0.4, 0.5) is 0 Å². The number of aryl methyl sites for hydroxylation is 1. The third-order valence-corrected chi connectivity index (χ3v) is 7.20. The van der Waals surface area contributed by atoms with Crippen LogP contribution in [0.3, 0.4) is 0 Å². The van der Waals surface area contributed by atoms with Gasteiger partial charge in [-0.3, -0.25) is 9.69 Å². The molecule has 3 aliphatic heterocycles. The van der Waals surface area contributed by atoms with Crippen LogP contribution in [0.15, 0.2) is 10.6 Å². The Morgan fingerprint density at radius 1 is 1.44 bits per heavy atom. The molecule has 0 unspecified atom stereocenters. The Balaban J connectivity index is 1.39. The third kappa shape index (κ3) is 3.31. The lowest BCUT2D eigenvalue weighted by molar-refractivity contribution is -0.129. The monoisotopic (exact) mass is 375 g/mol. The molecule has 1 N–H and O–H groups in total. The van der Waals surface area contributed by atoms with Crippen molar-refractivity contribution in [1.82, 2.24) is 15.4 Å². The van der Waals surface area contributed by atoms with Gasteiger partial charge in [0.15, 0.2) is 5.76 Å². The molecular formula is C21H33N3O3. The fraction of sp³-hybridized carbons (Fsp3) is 0.810. The summed E-state index contributed by atoms with van der Waals surface area (Å²) in [6, 6.07) is 2.06. The molecule has 150 valence electrons. The molecule has 0 aromatic carbocycles. The van der Waals surface area contributed by atoms with Crippen molar-refractivity contribution in [2.45, 2.75) is 71.6 Å². The zero-order chi connectivity index (χ0) is 19.2. The number of fused-ring (bicyclic) bond motifs is 1. The van der Waals surface area contributed by atoms with E-state index in [9.17, 15) is 4.79 Å². The maximum absolute atomic E-state index is 12.5. The highest BCUT2D eigenvalue weighted by atomic mass is 16.5. The van der Waals surface area contributed by atoms with E-state index in [1.807, 2.05) is 13.8 Å². The maximum Gasteiger partial charge on any atom is 0.225 e. The molecule has 4 atom stereocenters. The second-order valence-electron chi connectivity index (χ2n) is 9.29. The van der Waals surface area contributed by atoms with E-state index in [2.05, 4.69) is 35.3 Å². The van der Waals surface area contributed by atoms with Crippen molar-refractivity contribution in [3.63, 3.8) is 0 Å². The maximum atomic E-state index is 12.5. The van der Waals surface area contributed by atoms with Crippen LogP contribution in [-0.4, -0.2) is 47.3 Å². The Morgan fingerprint density at radius 3 is 2.96 bits per heavy atom. The van der Waals surface area contributed by atoms with E-state index in [0.29, 0.717) is 17.9 Å². The summed E-state index contributed by atoms with van der Waals surface area (Å²) in [5.74, 6) is 2.01. The van der Waals surface area contributed by atoms with Gasteiger partial charge >= 0.3 is 0 Å². The Kier molecular flexibility index (Phi) is 4.83. The lowest BCUT2D eigenvalue weighted by atomic mass is 9.73. The number of nitrogens with one attached hydrogen (secondary N) is 1. The van der Waals surface area contributed by atoms with E-state index in [4.69, 9.17) is 9.26 Å². The fourth-order valence-corrected chi connectivity index (χ4v) is 5.11. The molecule has 1 spiro atoms. The first-order valence-electron chi connectivity index (χ1n) is 10.5. The Morgan fingerprint density at radius 2 is 2.26 bits per heavy atom. The lowest BCUT2D eigenvalue weighted by Crippen LogP contribution is -2.44. The highest BCUT2D eigenvalue weighted by Crippen LogP contribution is 2.54. The van der Waals surface area contributed by atoms with Gasteiger partial charge in [-0.1, -0.05) is 32.9 Å². The normalized spacial score (nSPS) is 32.8. The summed E-state index contributed by atoms with van der Waals surface area (Å²) in [4.78, 5) is 14.9. The molecule has 2 bridgehead atoms. The topological polar surface area (TPSA) is 67.6 Å². The molecule has 1 aromatic heterocycles. The quantitative estimate of drug-likeness (QED) is 0.794. The predicted octanol–water partition coefficient (Wildman–Crippen LogP) is 2.77. The van der Waals surface area contributed by atoms with Gasteiger partial charge in [0.2, 0.25) is 5.91 Å². The lowest BCUT2D eigenvalue weighted by Gasteiger charge is -2.31. The number of carbonyl (C=O) groups excluding carboxylic acids is 1. The van der Waals surface area contributed by atoms with Gasteiger partial charge < -0.3 is 14.6 Å². The van der Waals surface area contributed by atoms with Gasteiger partial charge in [-0.2, -0.15) is 0 Å². The fourth-order valence-electron chi connectivity index (χ4n) is 5.11. The van der Waals surface area contributed by atoms with Crippen molar-refractivity contribution >= 4 is 5.91 Å². The summed E-state index contributed by atoms with van der Waals surface area (Å²) in [5.41, 5.74) is 0.689. The van der Waals surface area contributed by atoms with E-state index in [1.54, 1.807) is 0 Å². The smallest absolute Gasteiger partial charge is 0.225 e. The van der Waals surface area contributed by atoms with E-state index < -0.39 is 0 Å². The summed E-state index contributed by atoms with van der Waals surface area (Å²) in [5, 5.41) is 7.33. The molecule has 0 saturated carbocycles. The number of nitrogens with zero attached hydrogens (tertiary/aromatic N) is 2. The van der Waals surface area contributed by atoms with E-state index in [0.717, 1.165) is 63.3 Å². The van der Waals surface area contributed by atoms with Crippen LogP contribution in [0.1, 0.15) is 58.4 Å². The van der Waals surface area contributed by atoms with Crippen molar-refractivity contribution in [3.05, 3.63) is 17.5 Å². The zero-order valence-electron chi connectivity index (χ0n) is 17.1. The molecular weight excluding hydrogens is 342 g/mol. The number of aromatic nitrogens is 1. The molecule has 3 fully saturated rings. The molecule has 6 heteroatoms. The summed E-state index contributed by atoms with van der Waals surface area (Å²) in [6.07, 6.45) is 4.31. The second-order valence-corrected chi connectivity index (χ2v) is 9.29. The number of rotatable bonds is 7. The van der Waals surface area contributed by atoms with Crippen molar-refractivity contribution < 1.29 is 14.1 Å². The van der Waals surface area contributed by atoms with Gasteiger partial charge in [-0.05, 0) is 25.7 Å².